The average molecular weight is 733 g/mol. The molecule has 2 fully saturated rings. The van der Waals surface area contributed by atoms with Crippen molar-refractivity contribution in [2.75, 3.05) is 59.7 Å². The fraction of sp³-hybridized carbons (Fsp3) is 0.394. The van der Waals surface area contributed by atoms with Gasteiger partial charge in [0.15, 0.2) is 0 Å². The number of morpholine rings is 2. The van der Waals surface area contributed by atoms with E-state index in [1.807, 2.05) is 7.11 Å². The highest BCUT2D eigenvalue weighted by molar-refractivity contribution is 9.10. The first-order chi connectivity index (χ1) is 20.5. The maximum Gasteiger partial charge on any atom is 0.119 e. The molecule has 2 aliphatic carbocycles. The Morgan fingerprint density at radius 3 is 1.40 bits per heavy atom. The Bertz CT molecular complexity index is 1360. The van der Waals surface area contributed by atoms with E-state index < -0.39 is 6.26 Å². The molecule has 5 nitrogen and oxygen atoms in total. The average Bonchev–Trinajstić information content (AvgIpc) is 3.65. The summed E-state index contributed by atoms with van der Waals surface area (Å²) in [7, 11) is 1.85. The van der Waals surface area contributed by atoms with Crippen LogP contribution < -0.4 is 0 Å². The Balaban J connectivity index is 1.49. The topological polar surface area (TPSA) is 34.2 Å². The van der Waals surface area contributed by atoms with Crippen LogP contribution in [-0.4, -0.2) is 69.5 Å². The van der Waals surface area contributed by atoms with Crippen molar-refractivity contribution in [2.24, 2.45) is 0 Å². The maximum absolute atomic E-state index is 6.78. The fourth-order valence-electron chi connectivity index (χ4n) is 6.45. The number of hydrogen-bond donors (Lipinski definition) is 0. The van der Waals surface area contributed by atoms with Gasteiger partial charge in [0.1, 0.15) is 6.26 Å². The summed E-state index contributed by atoms with van der Waals surface area (Å²) in [6, 6.07) is 17.1. The first-order valence-corrected chi connectivity index (χ1v) is 19.0. The molecule has 6 rings (SSSR count). The molecule has 42 heavy (non-hydrogen) atoms. The van der Waals surface area contributed by atoms with Gasteiger partial charge in [-0.05, 0) is 84.4 Å². The van der Waals surface area contributed by atoms with Crippen molar-refractivity contribution in [1.82, 2.24) is 9.80 Å². The minimum absolute atomic E-state index is 0.736. The molecule has 0 unspecified atom stereocenters. The van der Waals surface area contributed by atoms with Gasteiger partial charge in [-0.2, -0.15) is 0 Å². The van der Waals surface area contributed by atoms with Gasteiger partial charge in [-0.25, -0.2) is 0 Å². The molecular weight excluding hydrogens is 695 g/mol. The minimum Gasteiger partial charge on any atom is -0.378 e. The summed E-state index contributed by atoms with van der Waals surface area (Å²) in [5, 5.41) is 2.66. The largest absolute Gasteiger partial charge is 0.378 e. The highest BCUT2D eigenvalue weighted by Gasteiger charge is 2.41. The van der Waals surface area contributed by atoms with Crippen LogP contribution in [0.3, 0.4) is 0 Å². The van der Waals surface area contributed by atoms with Gasteiger partial charge in [0.05, 0.1) is 26.4 Å². The molecule has 0 spiro atoms. The van der Waals surface area contributed by atoms with E-state index in [9.17, 15) is 0 Å². The van der Waals surface area contributed by atoms with E-state index in [1.54, 1.807) is 0 Å². The number of hydrogen-bond acceptors (Lipinski definition) is 6. The Kier molecular flexibility index (Phi) is 9.91. The Hall–Kier alpha value is -1.51. The maximum atomic E-state index is 6.78. The van der Waals surface area contributed by atoms with Crippen LogP contribution in [0.25, 0.3) is 12.2 Å². The van der Waals surface area contributed by atoms with Crippen LogP contribution in [0.1, 0.15) is 36.8 Å². The summed E-state index contributed by atoms with van der Waals surface area (Å²) in [5.41, 5.74) is 7.76. The van der Waals surface area contributed by atoms with E-state index in [0.29, 0.717) is 0 Å². The molecule has 4 aliphatic rings. The first-order valence-electron chi connectivity index (χ1n) is 14.7. The summed E-state index contributed by atoms with van der Waals surface area (Å²) in [6.45, 7) is 6.44. The molecule has 0 saturated carbocycles. The predicted molar refractivity (Wildman–Crippen MR) is 183 cm³/mol. The molecule has 2 saturated heterocycles. The molecule has 0 atom stereocenters. The molecule has 0 aromatic heterocycles. The van der Waals surface area contributed by atoms with E-state index in [1.165, 1.54) is 44.3 Å². The van der Waals surface area contributed by atoms with Crippen LogP contribution in [-0.2, 0) is 25.8 Å². The van der Waals surface area contributed by atoms with Crippen LogP contribution in [0.5, 0.6) is 0 Å². The molecule has 2 aromatic rings. The number of allylic oxidation sites excluding steroid dienone is 4. The standard InChI is InChI=1S/C33H37Br2N2O3PS/c1-38-41(42,30-12-6-26(22-24-2-8-28(34)9-3-24)32(30)36-14-18-39-19-15-36)31-13-7-27(23-25-4-10-29(35)11-5-25)33(31)37-16-20-40-21-17-37/h2-5,8-11,22-23H,6-7,12-21H2,1H3/b26-22-,27-23-. The molecule has 2 aliphatic heterocycles. The predicted octanol–water partition coefficient (Wildman–Crippen LogP) is 8.39. The lowest BCUT2D eigenvalue weighted by Gasteiger charge is -2.36. The summed E-state index contributed by atoms with van der Waals surface area (Å²) in [6.07, 6.45) is 6.01. The highest BCUT2D eigenvalue weighted by Crippen LogP contribution is 2.70. The van der Waals surface area contributed by atoms with Crippen LogP contribution in [0.2, 0.25) is 0 Å². The molecule has 0 amide bonds. The summed E-state index contributed by atoms with van der Waals surface area (Å²) in [5.74, 6) is 0. The van der Waals surface area contributed by atoms with Gasteiger partial charge in [-0.15, -0.1) is 0 Å². The van der Waals surface area contributed by atoms with E-state index in [2.05, 4.69) is 102 Å². The van der Waals surface area contributed by atoms with Gasteiger partial charge in [0, 0.05) is 64.3 Å². The lowest BCUT2D eigenvalue weighted by molar-refractivity contribution is 0.0547. The van der Waals surface area contributed by atoms with Crippen LogP contribution in [0.4, 0.5) is 0 Å². The van der Waals surface area contributed by atoms with E-state index in [-0.39, 0.29) is 0 Å². The molecule has 222 valence electrons. The number of halogens is 2. The van der Waals surface area contributed by atoms with Crippen LogP contribution in [0, 0.1) is 0 Å². The second-order valence-corrected chi connectivity index (χ2v) is 16.9. The molecule has 0 radical (unpaired) electrons. The van der Waals surface area contributed by atoms with Crippen molar-refractivity contribution in [3.05, 3.63) is 102 Å². The number of ether oxygens (including phenoxy) is 2. The zero-order valence-corrected chi connectivity index (χ0v) is 28.9. The Morgan fingerprint density at radius 2 is 1.05 bits per heavy atom. The SMILES string of the molecule is COP(=S)(C1=C(N2CCOCC2)/C(=C\c2ccc(Br)cc2)CC1)C1=C(N2CCOCC2)/C(=C\c2ccc(Br)cc2)CC1. The van der Waals surface area contributed by atoms with Gasteiger partial charge in [-0.3, -0.25) is 0 Å². The normalized spacial score (nSPS) is 22.3. The number of rotatable bonds is 7. The quantitative estimate of drug-likeness (QED) is 0.266. The zero-order valence-electron chi connectivity index (χ0n) is 24.0. The third-order valence-corrected chi connectivity index (χ3v) is 14.1. The number of benzene rings is 2. The van der Waals surface area contributed by atoms with Crippen LogP contribution >= 0.6 is 38.1 Å². The van der Waals surface area contributed by atoms with E-state index >= 15 is 0 Å². The lowest BCUT2D eigenvalue weighted by atomic mass is 10.1. The lowest BCUT2D eigenvalue weighted by Crippen LogP contribution is -2.36. The second kappa shape index (κ2) is 13.6. The Labute approximate surface area is 271 Å². The monoisotopic (exact) mass is 730 g/mol. The van der Waals surface area contributed by atoms with Gasteiger partial charge in [0.25, 0.3) is 0 Å². The van der Waals surface area contributed by atoms with Gasteiger partial charge >= 0.3 is 0 Å². The van der Waals surface area contributed by atoms with Crippen molar-refractivity contribution in [1.29, 1.82) is 0 Å². The summed E-state index contributed by atoms with van der Waals surface area (Å²) < 4.78 is 20.3. The van der Waals surface area contributed by atoms with Gasteiger partial charge < -0.3 is 23.8 Å². The van der Waals surface area contributed by atoms with Crippen molar-refractivity contribution in [3.8, 4) is 0 Å². The molecule has 2 heterocycles. The van der Waals surface area contributed by atoms with Crippen molar-refractivity contribution in [2.45, 2.75) is 25.7 Å². The molecule has 0 N–H and O–H groups in total. The van der Waals surface area contributed by atoms with E-state index in [4.69, 9.17) is 25.8 Å². The van der Waals surface area contributed by atoms with Crippen molar-refractivity contribution >= 4 is 62.1 Å². The molecule has 9 heteroatoms. The molecule has 2 aromatic carbocycles. The van der Waals surface area contributed by atoms with E-state index in [0.717, 1.165) is 87.2 Å². The zero-order chi connectivity index (χ0) is 29.1. The van der Waals surface area contributed by atoms with Crippen molar-refractivity contribution in [3.63, 3.8) is 0 Å². The molecular formula is C33H37Br2N2O3PS. The van der Waals surface area contributed by atoms with Gasteiger partial charge in [0.2, 0.25) is 0 Å². The number of nitrogens with zero attached hydrogens (tertiary/aromatic N) is 2. The van der Waals surface area contributed by atoms with Crippen LogP contribution in [0.15, 0.2) is 90.6 Å². The summed E-state index contributed by atoms with van der Waals surface area (Å²) in [4.78, 5) is 5.03. The van der Waals surface area contributed by atoms with Crippen molar-refractivity contribution < 1.29 is 14.0 Å². The minimum atomic E-state index is -2.51. The third-order valence-electron chi connectivity index (χ3n) is 8.46. The highest BCUT2D eigenvalue weighted by atomic mass is 79.9. The van der Waals surface area contributed by atoms with Gasteiger partial charge in [-0.1, -0.05) is 67.9 Å². The first kappa shape index (κ1) is 30.5. The molecule has 0 bridgehead atoms. The summed E-state index contributed by atoms with van der Waals surface area (Å²) >= 11 is 13.9. The second-order valence-electron chi connectivity index (χ2n) is 11.0. The fourth-order valence-corrected chi connectivity index (χ4v) is 10.8. The third kappa shape index (κ3) is 6.46. The smallest absolute Gasteiger partial charge is 0.119 e. The Morgan fingerprint density at radius 1 is 0.667 bits per heavy atom.